The molecule has 0 spiro atoms. The van der Waals surface area contributed by atoms with E-state index in [0.29, 0.717) is 17.4 Å². The maximum Gasteiger partial charge on any atom is 0.321 e. The molecule has 0 saturated carbocycles. The van der Waals surface area contributed by atoms with Crippen molar-refractivity contribution in [1.82, 2.24) is 9.88 Å². The van der Waals surface area contributed by atoms with Crippen LogP contribution in [-0.2, 0) is 9.59 Å². The van der Waals surface area contributed by atoms with Gasteiger partial charge < -0.3 is 10.4 Å². The summed E-state index contributed by atoms with van der Waals surface area (Å²) in [7, 11) is 0. The van der Waals surface area contributed by atoms with Crippen molar-refractivity contribution in [3.63, 3.8) is 0 Å². The van der Waals surface area contributed by atoms with Gasteiger partial charge in [-0.3, -0.25) is 14.5 Å². The molecular formula is C10H13N3O3S2. The number of carboxylic acids is 1. The Morgan fingerprint density at radius 2 is 2.44 bits per heavy atom. The maximum absolute atomic E-state index is 11.8. The average molecular weight is 287 g/mol. The molecule has 0 bridgehead atoms. The van der Waals surface area contributed by atoms with Gasteiger partial charge in [0.1, 0.15) is 6.04 Å². The smallest absolute Gasteiger partial charge is 0.321 e. The minimum Gasteiger partial charge on any atom is -0.480 e. The van der Waals surface area contributed by atoms with E-state index in [-0.39, 0.29) is 12.5 Å². The van der Waals surface area contributed by atoms with Crippen molar-refractivity contribution < 1.29 is 14.7 Å². The molecule has 18 heavy (non-hydrogen) atoms. The Morgan fingerprint density at radius 3 is 3.11 bits per heavy atom. The highest BCUT2D eigenvalue weighted by atomic mass is 32.2. The van der Waals surface area contributed by atoms with Gasteiger partial charge in [-0.25, -0.2) is 4.98 Å². The van der Waals surface area contributed by atoms with Gasteiger partial charge in [0.05, 0.1) is 6.54 Å². The maximum atomic E-state index is 11.8. The number of anilines is 1. The van der Waals surface area contributed by atoms with Crippen molar-refractivity contribution in [2.45, 2.75) is 6.04 Å². The first-order valence-electron chi connectivity index (χ1n) is 5.41. The van der Waals surface area contributed by atoms with Gasteiger partial charge >= 0.3 is 5.97 Å². The summed E-state index contributed by atoms with van der Waals surface area (Å²) >= 11 is 2.94. The molecular weight excluding hydrogens is 274 g/mol. The standard InChI is InChI=1S/C10H13N3O3S2/c14-8(12-10-11-1-3-18-10)5-13-2-4-17-6-7(13)9(15)16/h1,3,7H,2,4-6H2,(H,15,16)(H,11,12,14). The number of carbonyl (C=O) groups is 2. The lowest BCUT2D eigenvalue weighted by atomic mass is 10.2. The third-order valence-electron chi connectivity index (χ3n) is 2.55. The van der Waals surface area contributed by atoms with Crippen LogP contribution in [-0.4, -0.2) is 57.5 Å². The number of nitrogens with zero attached hydrogens (tertiary/aromatic N) is 2. The molecule has 1 aromatic rings. The predicted octanol–water partition coefficient (Wildman–Crippen LogP) is 0.584. The second-order valence-corrected chi connectivity index (χ2v) is 5.83. The summed E-state index contributed by atoms with van der Waals surface area (Å²) < 4.78 is 0. The van der Waals surface area contributed by atoms with E-state index in [1.165, 1.54) is 11.3 Å². The molecule has 6 nitrogen and oxygen atoms in total. The Bertz CT molecular complexity index is 424. The van der Waals surface area contributed by atoms with E-state index in [9.17, 15) is 9.59 Å². The number of rotatable bonds is 4. The summed E-state index contributed by atoms with van der Waals surface area (Å²) in [6, 6.07) is -0.578. The molecule has 2 N–H and O–H groups in total. The number of carboxylic acid groups (broad SMARTS) is 1. The van der Waals surface area contributed by atoms with E-state index in [1.807, 2.05) is 0 Å². The first kappa shape index (κ1) is 13.3. The van der Waals surface area contributed by atoms with Crippen molar-refractivity contribution in [2.24, 2.45) is 0 Å². The SMILES string of the molecule is O=C(CN1CCSCC1C(=O)O)Nc1nccs1. The Hall–Kier alpha value is -1.12. The van der Waals surface area contributed by atoms with Crippen LogP contribution in [0.25, 0.3) is 0 Å². The number of aliphatic carboxylic acids is 1. The van der Waals surface area contributed by atoms with Gasteiger partial charge in [-0.15, -0.1) is 11.3 Å². The number of carbonyl (C=O) groups excluding carboxylic acids is 1. The molecule has 1 unspecified atom stereocenters. The molecule has 2 heterocycles. The second kappa shape index (κ2) is 6.17. The van der Waals surface area contributed by atoms with Crippen LogP contribution in [0.2, 0.25) is 0 Å². The zero-order chi connectivity index (χ0) is 13.0. The molecule has 1 aliphatic heterocycles. The van der Waals surface area contributed by atoms with Crippen molar-refractivity contribution in [1.29, 1.82) is 0 Å². The van der Waals surface area contributed by atoms with Crippen LogP contribution in [0.5, 0.6) is 0 Å². The fraction of sp³-hybridized carbons (Fsp3) is 0.500. The van der Waals surface area contributed by atoms with Gasteiger partial charge in [0.15, 0.2) is 5.13 Å². The number of hydrogen-bond donors (Lipinski definition) is 2. The van der Waals surface area contributed by atoms with E-state index < -0.39 is 12.0 Å². The Kier molecular flexibility index (Phi) is 4.56. The molecule has 1 aromatic heterocycles. The molecule has 1 fully saturated rings. The third kappa shape index (κ3) is 3.44. The Morgan fingerprint density at radius 1 is 1.61 bits per heavy atom. The zero-order valence-electron chi connectivity index (χ0n) is 9.54. The summed E-state index contributed by atoms with van der Waals surface area (Å²) in [5, 5.41) is 14.0. The molecule has 1 amide bonds. The minimum absolute atomic E-state index is 0.0944. The summed E-state index contributed by atoms with van der Waals surface area (Å²) in [5.41, 5.74) is 0. The van der Waals surface area contributed by atoms with Crippen LogP contribution in [0, 0.1) is 0 Å². The lowest BCUT2D eigenvalue weighted by molar-refractivity contribution is -0.142. The second-order valence-electron chi connectivity index (χ2n) is 3.78. The van der Waals surface area contributed by atoms with Gasteiger partial charge in [-0.1, -0.05) is 0 Å². The zero-order valence-corrected chi connectivity index (χ0v) is 11.2. The number of hydrogen-bond acceptors (Lipinski definition) is 6. The lowest BCUT2D eigenvalue weighted by Crippen LogP contribution is -2.50. The third-order valence-corrected chi connectivity index (χ3v) is 4.26. The fourth-order valence-corrected chi connectivity index (χ4v) is 3.34. The van der Waals surface area contributed by atoms with Crippen molar-refractivity contribution in [3.05, 3.63) is 11.6 Å². The molecule has 8 heteroatoms. The monoisotopic (exact) mass is 287 g/mol. The van der Waals surface area contributed by atoms with Gasteiger partial charge in [0, 0.05) is 29.6 Å². The number of thioether (sulfide) groups is 1. The van der Waals surface area contributed by atoms with Crippen LogP contribution in [0.4, 0.5) is 5.13 Å². The lowest BCUT2D eigenvalue weighted by Gasteiger charge is -2.31. The number of amides is 1. The van der Waals surface area contributed by atoms with E-state index in [1.54, 1.807) is 28.2 Å². The first-order chi connectivity index (χ1) is 8.66. The largest absolute Gasteiger partial charge is 0.480 e. The van der Waals surface area contributed by atoms with E-state index >= 15 is 0 Å². The molecule has 98 valence electrons. The van der Waals surface area contributed by atoms with Crippen LogP contribution in [0.1, 0.15) is 0 Å². The van der Waals surface area contributed by atoms with Crippen molar-refractivity contribution in [3.8, 4) is 0 Å². The Balaban J connectivity index is 1.90. The topological polar surface area (TPSA) is 82.5 Å². The summed E-state index contributed by atoms with van der Waals surface area (Å²) in [5.74, 6) is 0.293. The molecule has 1 saturated heterocycles. The fourth-order valence-electron chi connectivity index (χ4n) is 1.68. The van der Waals surface area contributed by atoms with Crippen molar-refractivity contribution >= 4 is 40.1 Å². The van der Waals surface area contributed by atoms with Crippen LogP contribution in [0.15, 0.2) is 11.6 Å². The van der Waals surface area contributed by atoms with E-state index in [0.717, 1.165) is 5.75 Å². The van der Waals surface area contributed by atoms with Gasteiger partial charge in [0.2, 0.25) is 5.91 Å². The number of thiazole rings is 1. The van der Waals surface area contributed by atoms with E-state index in [2.05, 4.69) is 10.3 Å². The highest BCUT2D eigenvalue weighted by Crippen LogP contribution is 2.17. The quantitative estimate of drug-likeness (QED) is 0.843. The molecule has 1 aliphatic rings. The normalized spacial score (nSPS) is 20.6. The summed E-state index contributed by atoms with van der Waals surface area (Å²) in [6.45, 7) is 0.712. The summed E-state index contributed by atoms with van der Waals surface area (Å²) in [4.78, 5) is 28.5. The minimum atomic E-state index is -0.871. The Labute approximate surface area is 112 Å². The highest BCUT2D eigenvalue weighted by molar-refractivity contribution is 7.99. The van der Waals surface area contributed by atoms with Crippen LogP contribution >= 0.6 is 23.1 Å². The van der Waals surface area contributed by atoms with Gasteiger partial charge in [-0.2, -0.15) is 11.8 Å². The molecule has 0 aromatic carbocycles. The number of aromatic nitrogens is 1. The molecule has 0 radical (unpaired) electrons. The van der Waals surface area contributed by atoms with Gasteiger partial charge in [-0.05, 0) is 0 Å². The van der Waals surface area contributed by atoms with Crippen molar-refractivity contribution in [2.75, 3.05) is 29.9 Å². The molecule has 0 aliphatic carbocycles. The molecule has 1 atom stereocenters. The molecule has 2 rings (SSSR count). The highest BCUT2D eigenvalue weighted by Gasteiger charge is 2.30. The average Bonchev–Trinajstić information content (AvgIpc) is 2.82. The van der Waals surface area contributed by atoms with Gasteiger partial charge in [0.25, 0.3) is 0 Å². The predicted molar refractivity (Wildman–Crippen MR) is 71.1 cm³/mol. The van der Waals surface area contributed by atoms with Crippen LogP contribution in [0.3, 0.4) is 0 Å². The number of nitrogens with one attached hydrogen (secondary N) is 1. The van der Waals surface area contributed by atoms with E-state index in [4.69, 9.17) is 5.11 Å². The summed E-state index contributed by atoms with van der Waals surface area (Å²) in [6.07, 6.45) is 1.61. The van der Waals surface area contributed by atoms with Crippen LogP contribution < -0.4 is 5.32 Å². The first-order valence-corrected chi connectivity index (χ1v) is 7.44.